The lowest BCUT2D eigenvalue weighted by molar-refractivity contribution is -0.116. The Morgan fingerprint density at radius 1 is 1.12 bits per heavy atom. The van der Waals surface area contributed by atoms with Crippen LogP contribution in [0.4, 0.5) is 5.69 Å². The van der Waals surface area contributed by atoms with Crippen molar-refractivity contribution in [1.82, 2.24) is 4.31 Å². The van der Waals surface area contributed by atoms with Crippen molar-refractivity contribution < 1.29 is 22.7 Å². The molecule has 1 amide bonds. The fraction of sp³-hybridized carbons (Fsp3) is 0.611. The van der Waals surface area contributed by atoms with Crippen molar-refractivity contribution in [2.45, 2.75) is 44.6 Å². The van der Waals surface area contributed by atoms with Crippen LogP contribution >= 0.6 is 0 Å². The summed E-state index contributed by atoms with van der Waals surface area (Å²) in [5.41, 5.74) is 0.563. The lowest BCUT2D eigenvalue weighted by Gasteiger charge is -2.28. The Bertz CT molecular complexity index is 742. The fourth-order valence-electron chi connectivity index (χ4n) is 3.53. The molecular formula is C18H26N2O5S. The third-order valence-electron chi connectivity index (χ3n) is 4.78. The summed E-state index contributed by atoms with van der Waals surface area (Å²) < 4.78 is 36.8. The third kappa shape index (κ3) is 4.88. The highest BCUT2D eigenvalue weighted by Crippen LogP contribution is 2.32. The molecule has 0 aromatic heterocycles. The van der Waals surface area contributed by atoms with Gasteiger partial charge in [-0.2, -0.15) is 4.31 Å². The number of carbonyl (C=O) groups is 1. The molecule has 0 atom stereocenters. The number of sulfonamides is 1. The molecule has 3 rings (SSSR count). The Morgan fingerprint density at radius 2 is 1.77 bits per heavy atom. The van der Waals surface area contributed by atoms with E-state index in [9.17, 15) is 13.2 Å². The molecule has 1 N–H and O–H groups in total. The Balaban J connectivity index is 1.67. The van der Waals surface area contributed by atoms with Crippen LogP contribution in [0.15, 0.2) is 18.2 Å². The van der Waals surface area contributed by atoms with E-state index in [0.29, 0.717) is 30.4 Å². The molecule has 1 aliphatic heterocycles. The van der Waals surface area contributed by atoms with Crippen molar-refractivity contribution in [3.63, 3.8) is 0 Å². The van der Waals surface area contributed by atoms with E-state index in [4.69, 9.17) is 9.47 Å². The van der Waals surface area contributed by atoms with Gasteiger partial charge < -0.3 is 14.8 Å². The van der Waals surface area contributed by atoms with Crippen molar-refractivity contribution in [3.05, 3.63) is 18.2 Å². The van der Waals surface area contributed by atoms with Gasteiger partial charge in [0, 0.05) is 17.8 Å². The summed E-state index contributed by atoms with van der Waals surface area (Å²) in [6.45, 7) is 0.801. The fourth-order valence-corrected chi connectivity index (χ4v) is 4.63. The monoisotopic (exact) mass is 382 g/mol. The molecule has 0 radical (unpaired) electrons. The van der Waals surface area contributed by atoms with E-state index in [0.717, 1.165) is 38.5 Å². The summed E-state index contributed by atoms with van der Waals surface area (Å²) in [7, 11) is -3.45. The number of hydrogen-bond acceptors (Lipinski definition) is 5. The molecule has 8 heteroatoms. The summed E-state index contributed by atoms with van der Waals surface area (Å²) in [6, 6.07) is 5.06. The minimum absolute atomic E-state index is 0.0986. The van der Waals surface area contributed by atoms with Crippen LogP contribution in [-0.2, 0) is 14.8 Å². The molecule has 2 aliphatic rings. The second-order valence-electron chi connectivity index (χ2n) is 6.86. The van der Waals surface area contributed by atoms with Gasteiger partial charge in [0.2, 0.25) is 15.9 Å². The highest BCUT2D eigenvalue weighted by molar-refractivity contribution is 7.88. The predicted octanol–water partition coefficient (Wildman–Crippen LogP) is 2.38. The maximum Gasteiger partial charge on any atom is 0.239 e. The van der Waals surface area contributed by atoms with E-state index in [2.05, 4.69) is 5.32 Å². The topological polar surface area (TPSA) is 84.9 Å². The van der Waals surface area contributed by atoms with Gasteiger partial charge in [0.15, 0.2) is 11.5 Å². The van der Waals surface area contributed by atoms with Gasteiger partial charge >= 0.3 is 0 Å². The van der Waals surface area contributed by atoms with Crippen LogP contribution < -0.4 is 14.8 Å². The van der Waals surface area contributed by atoms with Gasteiger partial charge in [-0.3, -0.25) is 4.79 Å². The molecular weight excluding hydrogens is 356 g/mol. The number of nitrogens with one attached hydrogen (secondary N) is 1. The number of fused-ring (bicyclic) bond motifs is 1. The molecule has 1 aliphatic carbocycles. The molecule has 144 valence electrons. The first-order valence-corrected chi connectivity index (χ1v) is 10.9. The van der Waals surface area contributed by atoms with Crippen LogP contribution in [0.2, 0.25) is 0 Å². The second-order valence-corrected chi connectivity index (χ2v) is 8.80. The SMILES string of the molecule is CS(=O)(=O)N(CC(=O)Nc1ccc2c(c1)OCCO2)C1CCCCCC1. The number of anilines is 1. The number of nitrogens with zero attached hydrogens (tertiary/aromatic N) is 1. The number of benzene rings is 1. The highest BCUT2D eigenvalue weighted by Gasteiger charge is 2.29. The summed E-state index contributed by atoms with van der Waals surface area (Å²) in [5.74, 6) is 0.875. The van der Waals surface area contributed by atoms with Gasteiger partial charge in [0.25, 0.3) is 0 Å². The summed E-state index contributed by atoms with van der Waals surface area (Å²) in [4.78, 5) is 12.5. The second kappa shape index (κ2) is 8.26. The van der Waals surface area contributed by atoms with Crippen molar-refractivity contribution >= 4 is 21.6 Å². The van der Waals surface area contributed by atoms with Gasteiger partial charge in [-0.05, 0) is 25.0 Å². The maximum absolute atomic E-state index is 12.5. The van der Waals surface area contributed by atoms with Gasteiger partial charge in [0.1, 0.15) is 13.2 Å². The zero-order chi connectivity index (χ0) is 18.6. The zero-order valence-electron chi connectivity index (χ0n) is 15.1. The standard InChI is InChI=1S/C18H26N2O5S/c1-26(22,23)20(15-6-4-2-3-5-7-15)13-18(21)19-14-8-9-16-17(12-14)25-11-10-24-16/h8-9,12,15H,2-7,10-11,13H2,1H3,(H,19,21). The van der Waals surface area contributed by atoms with Crippen LogP contribution in [0.1, 0.15) is 38.5 Å². The highest BCUT2D eigenvalue weighted by atomic mass is 32.2. The molecule has 1 saturated carbocycles. The number of rotatable bonds is 5. The Kier molecular flexibility index (Phi) is 6.03. The molecule has 1 fully saturated rings. The largest absolute Gasteiger partial charge is 0.486 e. The van der Waals surface area contributed by atoms with Crippen LogP contribution in [0, 0.1) is 0 Å². The normalized spacial score (nSPS) is 18.4. The average molecular weight is 382 g/mol. The molecule has 0 spiro atoms. The van der Waals surface area contributed by atoms with E-state index in [1.807, 2.05) is 0 Å². The van der Waals surface area contributed by atoms with E-state index in [-0.39, 0.29) is 18.5 Å². The third-order valence-corrected chi connectivity index (χ3v) is 6.06. The molecule has 0 bridgehead atoms. The Labute approximate surface area is 154 Å². The van der Waals surface area contributed by atoms with Crippen molar-refractivity contribution in [2.24, 2.45) is 0 Å². The van der Waals surface area contributed by atoms with E-state index >= 15 is 0 Å². The van der Waals surface area contributed by atoms with E-state index < -0.39 is 10.0 Å². The lowest BCUT2D eigenvalue weighted by Crippen LogP contribution is -2.44. The predicted molar refractivity (Wildman–Crippen MR) is 99.1 cm³/mol. The molecule has 1 aromatic carbocycles. The molecule has 1 aromatic rings. The molecule has 0 saturated heterocycles. The smallest absolute Gasteiger partial charge is 0.239 e. The first-order chi connectivity index (χ1) is 12.4. The van der Waals surface area contributed by atoms with Crippen LogP contribution in [0.3, 0.4) is 0 Å². The van der Waals surface area contributed by atoms with E-state index in [1.165, 1.54) is 10.6 Å². The minimum atomic E-state index is -3.45. The van der Waals surface area contributed by atoms with Crippen LogP contribution in [0.5, 0.6) is 11.5 Å². The van der Waals surface area contributed by atoms with Crippen molar-refractivity contribution in [1.29, 1.82) is 0 Å². The number of carbonyl (C=O) groups excluding carboxylic acids is 1. The van der Waals surface area contributed by atoms with Crippen LogP contribution in [0.25, 0.3) is 0 Å². The summed E-state index contributed by atoms with van der Waals surface area (Å²) >= 11 is 0. The minimum Gasteiger partial charge on any atom is -0.486 e. The lowest BCUT2D eigenvalue weighted by atomic mass is 10.1. The zero-order valence-corrected chi connectivity index (χ0v) is 15.9. The molecule has 7 nitrogen and oxygen atoms in total. The van der Waals surface area contributed by atoms with Crippen molar-refractivity contribution in [2.75, 3.05) is 31.3 Å². The quantitative estimate of drug-likeness (QED) is 0.791. The number of amides is 1. The Hall–Kier alpha value is -1.80. The average Bonchev–Trinajstić information content (AvgIpc) is 2.87. The summed E-state index contributed by atoms with van der Waals surface area (Å²) in [5, 5.41) is 2.77. The van der Waals surface area contributed by atoms with Crippen molar-refractivity contribution in [3.8, 4) is 11.5 Å². The molecule has 0 unspecified atom stereocenters. The van der Waals surface area contributed by atoms with Gasteiger partial charge in [0.05, 0.1) is 12.8 Å². The first-order valence-electron chi connectivity index (χ1n) is 9.10. The number of ether oxygens (including phenoxy) is 2. The van der Waals surface area contributed by atoms with E-state index in [1.54, 1.807) is 18.2 Å². The van der Waals surface area contributed by atoms with Crippen LogP contribution in [-0.4, -0.2) is 50.7 Å². The maximum atomic E-state index is 12.5. The number of hydrogen-bond donors (Lipinski definition) is 1. The van der Waals surface area contributed by atoms with Gasteiger partial charge in [-0.1, -0.05) is 25.7 Å². The molecule has 1 heterocycles. The Morgan fingerprint density at radius 3 is 2.42 bits per heavy atom. The molecule has 26 heavy (non-hydrogen) atoms. The first kappa shape index (κ1) is 19.0. The van der Waals surface area contributed by atoms with Gasteiger partial charge in [-0.15, -0.1) is 0 Å². The summed E-state index contributed by atoms with van der Waals surface area (Å²) in [6.07, 6.45) is 7.04. The van der Waals surface area contributed by atoms with Gasteiger partial charge in [-0.25, -0.2) is 8.42 Å².